The number of rotatable bonds is 5. The first-order valence-electron chi connectivity index (χ1n) is 4.54. The SMILES string of the molecule is COCCOc1cc(SC)ccc1C. The topological polar surface area (TPSA) is 18.5 Å². The van der Waals surface area contributed by atoms with Crippen molar-refractivity contribution in [2.24, 2.45) is 0 Å². The molecule has 0 heterocycles. The summed E-state index contributed by atoms with van der Waals surface area (Å²) in [4.78, 5) is 1.23. The van der Waals surface area contributed by atoms with Crippen LogP contribution in [0.1, 0.15) is 5.56 Å². The molecule has 0 aliphatic carbocycles. The molecule has 0 fully saturated rings. The van der Waals surface area contributed by atoms with E-state index in [-0.39, 0.29) is 0 Å². The average Bonchev–Trinajstić information content (AvgIpc) is 2.21. The predicted octanol–water partition coefficient (Wildman–Crippen LogP) is 2.74. The highest BCUT2D eigenvalue weighted by molar-refractivity contribution is 7.98. The monoisotopic (exact) mass is 212 g/mol. The molecule has 0 radical (unpaired) electrons. The van der Waals surface area contributed by atoms with Gasteiger partial charge in [-0.25, -0.2) is 0 Å². The van der Waals surface area contributed by atoms with Crippen LogP contribution in [0.25, 0.3) is 0 Å². The lowest BCUT2D eigenvalue weighted by Crippen LogP contribution is -2.05. The molecule has 0 aromatic heterocycles. The van der Waals surface area contributed by atoms with Crippen LogP contribution >= 0.6 is 11.8 Å². The lowest BCUT2D eigenvalue weighted by atomic mass is 10.2. The molecule has 3 heteroatoms. The van der Waals surface area contributed by atoms with Crippen molar-refractivity contribution in [3.8, 4) is 5.75 Å². The Morgan fingerprint density at radius 2 is 2.07 bits per heavy atom. The van der Waals surface area contributed by atoms with Crippen LogP contribution in [0.3, 0.4) is 0 Å². The molecule has 0 saturated heterocycles. The highest BCUT2D eigenvalue weighted by Gasteiger charge is 2.00. The molecule has 0 N–H and O–H groups in total. The van der Waals surface area contributed by atoms with E-state index in [1.165, 1.54) is 10.5 Å². The molecule has 0 amide bonds. The Bertz CT molecular complexity index is 287. The van der Waals surface area contributed by atoms with E-state index in [2.05, 4.69) is 24.5 Å². The van der Waals surface area contributed by atoms with Crippen LogP contribution < -0.4 is 4.74 Å². The molecule has 0 aliphatic rings. The van der Waals surface area contributed by atoms with Gasteiger partial charge in [0, 0.05) is 12.0 Å². The van der Waals surface area contributed by atoms with Gasteiger partial charge < -0.3 is 9.47 Å². The Labute approximate surface area is 89.6 Å². The molecular weight excluding hydrogens is 196 g/mol. The van der Waals surface area contributed by atoms with Crippen LogP contribution in [-0.4, -0.2) is 26.6 Å². The molecule has 78 valence electrons. The molecule has 1 aromatic carbocycles. The second-order valence-corrected chi connectivity index (χ2v) is 3.85. The van der Waals surface area contributed by atoms with E-state index in [1.807, 2.05) is 6.92 Å². The highest BCUT2D eigenvalue weighted by Crippen LogP contribution is 2.24. The molecule has 0 aliphatic heterocycles. The average molecular weight is 212 g/mol. The van der Waals surface area contributed by atoms with E-state index in [0.717, 1.165) is 5.75 Å². The summed E-state index contributed by atoms with van der Waals surface area (Å²) in [5, 5.41) is 0. The van der Waals surface area contributed by atoms with Gasteiger partial charge in [-0.15, -0.1) is 11.8 Å². The minimum atomic E-state index is 0.606. The summed E-state index contributed by atoms with van der Waals surface area (Å²) < 4.78 is 10.5. The van der Waals surface area contributed by atoms with Gasteiger partial charge in [0.25, 0.3) is 0 Å². The number of benzene rings is 1. The zero-order valence-corrected chi connectivity index (χ0v) is 9.69. The minimum absolute atomic E-state index is 0.606. The van der Waals surface area contributed by atoms with E-state index in [4.69, 9.17) is 9.47 Å². The standard InChI is InChI=1S/C11H16O2S/c1-9-4-5-10(14-3)8-11(9)13-7-6-12-2/h4-5,8H,6-7H2,1-3H3. The van der Waals surface area contributed by atoms with Gasteiger partial charge in [-0.3, -0.25) is 0 Å². The Kier molecular flexibility index (Phi) is 4.84. The van der Waals surface area contributed by atoms with Crippen molar-refractivity contribution in [1.29, 1.82) is 0 Å². The van der Waals surface area contributed by atoms with E-state index in [1.54, 1.807) is 18.9 Å². The van der Waals surface area contributed by atoms with Crippen molar-refractivity contribution in [2.75, 3.05) is 26.6 Å². The van der Waals surface area contributed by atoms with Gasteiger partial charge in [0.05, 0.1) is 6.61 Å². The maximum Gasteiger partial charge on any atom is 0.123 e. The molecular formula is C11H16O2S. The summed E-state index contributed by atoms with van der Waals surface area (Å²) in [6.07, 6.45) is 2.06. The van der Waals surface area contributed by atoms with Crippen molar-refractivity contribution in [3.63, 3.8) is 0 Å². The lowest BCUT2D eigenvalue weighted by molar-refractivity contribution is 0.146. The smallest absolute Gasteiger partial charge is 0.123 e. The molecule has 2 nitrogen and oxygen atoms in total. The van der Waals surface area contributed by atoms with Crippen molar-refractivity contribution >= 4 is 11.8 Å². The third-order valence-corrected chi connectivity index (χ3v) is 2.67. The van der Waals surface area contributed by atoms with Crippen LogP contribution in [0, 0.1) is 6.92 Å². The van der Waals surface area contributed by atoms with Gasteiger partial charge in [0.2, 0.25) is 0 Å². The van der Waals surface area contributed by atoms with Crippen molar-refractivity contribution in [2.45, 2.75) is 11.8 Å². The molecule has 0 spiro atoms. The van der Waals surface area contributed by atoms with E-state index in [9.17, 15) is 0 Å². The van der Waals surface area contributed by atoms with E-state index in [0.29, 0.717) is 13.2 Å². The van der Waals surface area contributed by atoms with Gasteiger partial charge in [0.1, 0.15) is 12.4 Å². The number of hydrogen-bond acceptors (Lipinski definition) is 3. The van der Waals surface area contributed by atoms with Crippen LogP contribution in [0.15, 0.2) is 23.1 Å². The number of aryl methyl sites for hydroxylation is 1. The third kappa shape index (κ3) is 3.24. The molecule has 0 unspecified atom stereocenters. The first-order chi connectivity index (χ1) is 6.77. The molecule has 14 heavy (non-hydrogen) atoms. The van der Waals surface area contributed by atoms with E-state index >= 15 is 0 Å². The van der Waals surface area contributed by atoms with Crippen LogP contribution in [0.4, 0.5) is 0 Å². The number of hydrogen-bond donors (Lipinski definition) is 0. The first kappa shape index (κ1) is 11.4. The van der Waals surface area contributed by atoms with Crippen LogP contribution in [-0.2, 0) is 4.74 Å². The van der Waals surface area contributed by atoms with Gasteiger partial charge >= 0.3 is 0 Å². The van der Waals surface area contributed by atoms with Gasteiger partial charge in [0.15, 0.2) is 0 Å². The summed E-state index contributed by atoms with van der Waals surface area (Å²) in [7, 11) is 1.68. The number of thioether (sulfide) groups is 1. The van der Waals surface area contributed by atoms with Crippen LogP contribution in [0.5, 0.6) is 5.75 Å². The quantitative estimate of drug-likeness (QED) is 0.552. The molecule has 1 aromatic rings. The maximum absolute atomic E-state index is 5.58. The summed E-state index contributed by atoms with van der Waals surface area (Å²) in [6, 6.07) is 6.24. The molecule has 1 rings (SSSR count). The fourth-order valence-electron chi connectivity index (χ4n) is 1.10. The van der Waals surface area contributed by atoms with Crippen LogP contribution in [0.2, 0.25) is 0 Å². The van der Waals surface area contributed by atoms with Gasteiger partial charge in [-0.05, 0) is 30.9 Å². The zero-order valence-electron chi connectivity index (χ0n) is 8.87. The number of methoxy groups -OCH3 is 1. The summed E-state index contributed by atoms with van der Waals surface area (Å²) in [6.45, 7) is 3.28. The largest absolute Gasteiger partial charge is 0.491 e. The molecule has 0 bridgehead atoms. The second kappa shape index (κ2) is 5.94. The molecule has 0 saturated carbocycles. The van der Waals surface area contributed by atoms with Crippen molar-refractivity contribution in [3.05, 3.63) is 23.8 Å². The summed E-state index contributed by atoms with van der Waals surface area (Å²) >= 11 is 1.72. The Hall–Kier alpha value is -0.670. The Morgan fingerprint density at radius 3 is 2.71 bits per heavy atom. The maximum atomic E-state index is 5.58. The van der Waals surface area contributed by atoms with Crippen molar-refractivity contribution in [1.82, 2.24) is 0 Å². The Balaban J connectivity index is 2.64. The normalized spacial score (nSPS) is 10.2. The van der Waals surface area contributed by atoms with Gasteiger partial charge in [-0.2, -0.15) is 0 Å². The summed E-state index contributed by atoms with van der Waals surface area (Å²) in [5.41, 5.74) is 1.17. The minimum Gasteiger partial charge on any atom is -0.491 e. The number of ether oxygens (including phenoxy) is 2. The predicted molar refractivity (Wildman–Crippen MR) is 60.3 cm³/mol. The highest BCUT2D eigenvalue weighted by atomic mass is 32.2. The fraction of sp³-hybridized carbons (Fsp3) is 0.455. The summed E-state index contributed by atoms with van der Waals surface area (Å²) in [5.74, 6) is 0.953. The fourth-order valence-corrected chi connectivity index (χ4v) is 1.53. The van der Waals surface area contributed by atoms with E-state index < -0.39 is 0 Å². The second-order valence-electron chi connectivity index (χ2n) is 2.97. The Morgan fingerprint density at radius 1 is 1.29 bits per heavy atom. The first-order valence-corrected chi connectivity index (χ1v) is 5.76. The van der Waals surface area contributed by atoms with Crippen molar-refractivity contribution < 1.29 is 9.47 Å². The van der Waals surface area contributed by atoms with Gasteiger partial charge in [-0.1, -0.05) is 6.07 Å². The third-order valence-electron chi connectivity index (χ3n) is 1.94. The lowest BCUT2D eigenvalue weighted by Gasteiger charge is -2.09. The zero-order chi connectivity index (χ0) is 10.4. The molecule has 0 atom stereocenters.